The fraction of sp³-hybridized carbons (Fsp3) is 0.107. The molecular formula is C28H18Cl2N2O5. The Labute approximate surface area is 220 Å². The molecule has 5 aromatic rings. The van der Waals surface area contributed by atoms with E-state index in [0.29, 0.717) is 39.1 Å². The lowest BCUT2D eigenvalue weighted by molar-refractivity contribution is 0.0969. The minimum Gasteiger partial charge on any atom is -0.489 e. The molecule has 3 aromatic carbocycles. The molecule has 2 aromatic heterocycles. The van der Waals surface area contributed by atoms with Gasteiger partial charge in [0.2, 0.25) is 5.76 Å². The van der Waals surface area contributed by atoms with Gasteiger partial charge in [-0.05, 0) is 60.5 Å². The summed E-state index contributed by atoms with van der Waals surface area (Å²) in [6, 6.07) is 20.2. The number of benzene rings is 3. The summed E-state index contributed by atoms with van der Waals surface area (Å²) in [4.78, 5) is 28.6. The third-order valence-corrected chi connectivity index (χ3v) is 6.70. The number of rotatable bonds is 5. The van der Waals surface area contributed by atoms with Crippen molar-refractivity contribution in [3.63, 3.8) is 0 Å². The Morgan fingerprint density at radius 1 is 0.946 bits per heavy atom. The SMILES string of the molecule is Cc1cc(N2C(=O)c3oc4ccc(Cl)cc4c(=O)c3[C@@H]2c2ccc(OCc3ccc(Cl)cc3)cc2)no1. The van der Waals surface area contributed by atoms with Gasteiger partial charge in [0, 0.05) is 16.1 Å². The van der Waals surface area contributed by atoms with Crippen LogP contribution in [-0.2, 0) is 6.61 Å². The molecule has 37 heavy (non-hydrogen) atoms. The summed E-state index contributed by atoms with van der Waals surface area (Å²) >= 11 is 12.1. The van der Waals surface area contributed by atoms with E-state index in [1.807, 2.05) is 24.3 Å². The van der Waals surface area contributed by atoms with Crippen LogP contribution >= 0.6 is 23.2 Å². The number of hydrogen-bond acceptors (Lipinski definition) is 6. The van der Waals surface area contributed by atoms with Crippen molar-refractivity contribution in [3.05, 3.63) is 121 Å². The van der Waals surface area contributed by atoms with Crippen LogP contribution in [0.15, 0.2) is 86.5 Å². The smallest absolute Gasteiger partial charge is 0.296 e. The molecule has 1 aliphatic heterocycles. The van der Waals surface area contributed by atoms with Crippen molar-refractivity contribution < 1.29 is 18.5 Å². The summed E-state index contributed by atoms with van der Waals surface area (Å²) in [7, 11) is 0. The largest absolute Gasteiger partial charge is 0.489 e. The molecular weight excluding hydrogens is 515 g/mol. The summed E-state index contributed by atoms with van der Waals surface area (Å²) < 4.78 is 17.1. The van der Waals surface area contributed by atoms with Crippen LogP contribution in [-0.4, -0.2) is 11.1 Å². The first-order valence-electron chi connectivity index (χ1n) is 11.4. The number of halogens is 2. The average molecular weight is 533 g/mol. The van der Waals surface area contributed by atoms with Gasteiger partial charge in [0.25, 0.3) is 5.91 Å². The van der Waals surface area contributed by atoms with Gasteiger partial charge < -0.3 is 13.7 Å². The highest BCUT2D eigenvalue weighted by atomic mass is 35.5. The first kappa shape index (κ1) is 23.3. The van der Waals surface area contributed by atoms with Crippen LogP contribution in [0.1, 0.15) is 39.0 Å². The van der Waals surface area contributed by atoms with E-state index < -0.39 is 11.9 Å². The van der Waals surface area contributed by atoms with Crippen molar-refractivity contribution in [2.75, 3.05) is 4.90 Å². The number of hydrogen-bond donors (Lipinski definition) is 0. The van der Waals surface area contributed by atoms with Crippen molar-refractivity contribution in [2.24, 2.45) is 0 Å². The first-order chi connectivity index (χ1) is 17.9. The van der Waals surface area contributed by atoms with Crippen LogP contribution in [0, 0.1) is 6.92 Å². The van der Waals surface area contributed by atoms with E-state index in [4.69, 9.17) is 36.9 Å². The minimum absolute atomic E-state index is 0.0338. The van der Waals surface area contributed by atoms with E-state index in [-0.39, 0.29) is 28.2 Å². The van der Waals surface area contributed by atoms with Crippen LogP contribution in [0.2, 0.25) is 10.0 Å². The highest BCUT2D eigenvalue weighted by molar-refractivity contribution is 6.31. The Kier molecular flexibility index (Phi) is 5.74. The average Bonchev–Trinajstić information content (AvgIpc) is 3.45. The lowest BCUT2D eigenvalue weighted by atomic mass is 9.98. The van der Waals surface area contributed by atoms with Crippen molar-refractivity contribution in [3.8, 4) is 5.75 Å². The lowest BCUT2D eigenvalue weighted by Gasteiger charge is -2.22. The number of anilines is 1. The van der Waals surface area contributed by atoms with Crippen molar-refractivity contribution in [1.29, 1.82) is 0 Å². The van der Waals surface area contributed by atoms with Crippen molar-refractivity contribution in [1.82, 2.24) is 5.16 Å². The minimum atomic E-state index is -0.781. The number of carbonyl (C=O) groups is 1. The van der Waals surface area contributed by atoms with Crippen LogP contribution in [0.3, 0.4) is 0 Å². The molecule has 9 heteroatoms. The number of aromatic nitrogens is 1. The zero-order valence-electron chi connectivity index (χ0n) is 19.4. The molecule has 0 saturated heterocycles. The van der Waals surface area contributed by atoms with Crippen molar-refractivity contribution in [2.45, 2.75) is 19.6 Å². The fourth-order valence-corrected chi connectivity index (χ4v) is 4.76. The van der Waals surface area contributed by atoms with Gasteiger partial charge in [-0.25, -0.2) is 0 Å². The summed E-state index contributed by atoms with van der Waals surface area (Å²) in [6.45, 7) is 2.09. The van der Waals surface area contributed by atoms with Gasteiger partial charge in [0.15, 0.2) is 11.2 Å². The van der Waals surface area contributed by atoms with Crippen LogP contribution in [0.25, 0.3) is 11.0 Å². The Morgan fingerprint density at radius 3 is 2.38 bits per heavy atom. The summed E-state index contributed by atoms with van der Waals surface area (Å²) in [5.41, 5.74) is 1.82. The molecule has 0 N–H and O–H groups in total. The topological polar surface area (TPSA) is 85.8 Å². The Morgan fingerprint density at radius 2 is 1.68 bits per heavy atom. The van der Waals surface area contributed by atoms with Crippen LogP contribution in [0.4, 0.5) is 5.82 Å². The molecule has 0 radical (unpaired) electrons. The molecule has 0 spiro atoms. The maximum atomic E-state index is 13.7. The van der Waals surface area contributed by atoms with Crippen LogP contribution in [0.5, 0.6) is 5.75 Å². The molecule has 0 aliphatic carbocycles. The second-order valence-electron chi connectivity index (χ2n) is 8.67. The Bertz CT molecular complexity index is 1710. The predicted octanol–water partition coefficient (Wildman–Crippen LogP) is 6.73. The molecule has 6 rings (SSSR count). The van der Waals surface area contributed by atoms with Gasteiger partial charge in [-0.15, -0.1) is 0 Å². The molecule has 3 heterocycles. The molecule has 184 valence electrons. The third kappa shape index (κ3) is 4.16. The van der Waals surface area contributed by atoms with E-state index in [1.165, 1.54) is 4.90 Å². The molecule has 0 fully saturated rings. The molecule has 1 amide bonds. The molecule has 1 aliphatic rings. The van der Waals surface area contributed by atoms with Gasteiger partial charge >= 0.3 is 0 Å². The van der Waals surface area contributed by atoms with Gasteiger partial charge in [-0.2, -0.15) is 0 Å². The second kappa shape index (κ2) is 9.10. The number of carbonyl (C=O) groups excluding carboxylic acids is 1. The zero-order valence-corrected chi connectivity index (χ0v) is 20.9. The highest BCUT2D eigenvalue weighted by Crippen LogP contribution is 2.41. The predicted molar refractivity (Wildman–Crippen MR) is 140 cm³/mol. The van der Waals surface area contributed by atoms with E-state index in [1.54, 1.807) is 55.5 Å². The number of nitrogens with zero attached hydrogens (tertiary/aromatic N) is 2. The monoisotopic (exact) mass is 532 g/mol. The maximum Gasteiger partial charge on any atom is 0.296 e. The molecule has 7 nitrogen and oxygen atoms in total. The fourth-order valence-electron chi connectivity index (χ4n) is 4.46. The van der Waals surface area contributed by atoms with E-state index in [0.717, 1.165) is 5.56 Å². The number of fused-ring (bicyclic) bond motifs is 2. The first-order valence-corrected chi connectivity index (χ1v) is 12.1. The standard InChI is InChI=1S/C28H18Cl2N2O5/c1-15-12-23(31-37-15)32-25(17-4-9-20(10-5-17)35-14-16-2-6-18(29)7-3-16)24-26(33)21-13-19(30)8-11-22(21)36-27(24)28(32)34/h2-13,25H,14H2,1H3/t25-/m0/s1. The highest BCUT2D eigenvalue weighted by Gasteiger charge is 2.44. The zero-order chi connectivity index (χ0) is 25.7. The second-order valence-corrected chi connectivity index (χ2v) is 9.54. The summed E-state index contributed by atoms with van der Waals surface area (Å²) in [5, 5.41) is 5.39. The summed E-state index contributed by atoms with van der Waals surface area (Å²) in [5.74, 6) is 0.923. The summed E-state index contributed by atoms with van der Waals surface area (Å²) in [6.07, 6.45) is 0. The number of amides is 1. The molecule has 1 atom stereocenters. The number of aryl methyl sites for hydroxylation is 1. The van der Waals surface area contributed by atoms with E-state index in [9.17, 15) is 9.59 Å². The Hall–Kier alpha value is -4.07. The van der Waals surface area contributed by atoms with E-state index in [2.05, 4.69) is 5.16 Å². The van der Waals surface area contributed by atoms with E-state index >= 15 is 0 Å². The quantitative estimate of drug-likeness (QED) is 0.249. The van der Waals surface area contributed by atoms with Gasteiger partial charge in [0.05, 0.1) is 17.0 Å². The maximum absolute atomic E-state index is 13.7. The molecule has 0 unspecified atom stereocenters. The normalized spacial score (nSPS) is 14.8. The lowest BCUT2D eigenvalue weighted by Crippen LogP contribution is -2.29. The van der Waals surface area contributed by atoms with Gasteiger partial charge in [0.1, 0.15) is 23.7 Å². The van der Waals surface area contributed by atoms with Gasteiger partial charge in [-0.1, -0.05) is 52.6 Å². The molecule has 0 saturated carbocycles. The third-order valence-electron chi connectivity index (χ3n) is 6.21. The van der Waals surface area contributed by atoms with Gasteiger partial charge in [-0.3, -0.25) is 14.5 Å². The molecule has 0 bridgehead atoms. The van der Waals surface area contributed by atoms with Crippen LogP contribution < -0.4 is 15.1 Å². The number of ether oxygens (including phenoxy) is 1. The Balaban J connectivity index is 1.41. The van der Waals surface area contributed by atoms with Crippen molar-refractivity contribution >= 4 is 45.9 Å².